The Morgan fingerprint density at radius 3 is 1.82 bits per heavy atom. The van der Waals surface area contributed by atoms with E-state index in [-0.39, 0.29) is 0 Å². The van der Waals surface area contributed by atoms with Crippen LogP contribution in [0.2, 0.25) is 12.1 Å². The number of halogens is 1. The molecule has 1 N–H and O–H groups in total. The zero-order chi connectivity index (χ0) is 8.74. The molecule has 0 spiro atoms. The van der Waals surface area contributed by atoms with Crippen molar-refractivity contribution in [1.29, 1.82) is 0 Å². The molecule has 0 bridgehead atoms. The van der Waals surface area contributed by atoms with Crippen molar-refractivity contribution in [1.82, 2.24) is 4.98 Å². The van der Waals surface area contributed by atoms with E-state index in [9.17, 15) is 0 Å². The molecule has 0 amide bonds. The lowest BCUT2D eigenvalue weighted by Gasteiger charge is -2.23. The summed E-state index contributed by atoms with van der Waals surface area (Å²) in [4.78, 5) is 3.47. The largest absolute Gasteiger partial charge is 0.326 e. The highest BCUT2D eigenvalue weighted by Crippen LogP contribution is 2.20. The van der Waals surface area contributed by atoms with Gasteiger partial charge < -0.3 is 4.98 Å². The molecule has 0 aromatic carbocycles. The topological polar surface area (TPSA) is 12.0 Å². The van der Waals surface area contributed by atoms with E-state index in [0.717, 1.165) is 6.54 Å². The van der Waals surface area contributed by atoms with Crippen LogP contribution in [0.3, 0.4) is 0 Å². The minimum atomic E-state index is -1.53. The number of hydrogen-bond donors (Lipinski definition) is 1. The first kappa shape index (κ1) is 11.5. The quantitative estimate of drug-likeness (QED) is 0.505. The summed E-state index contributed by atoms with van der Waals surface area (Å²) >= 11 is 6.47. The summed E-state index contributed by atoms with van der Waals surface area (Å²) in [6.45, 7) is 7.57. The first-order valence-electron chi connectivity index (χ1n) is 4.62. The Labute approximate surface area is 76.3 Å². The second kappa shape index (κ2) is 6.04. The lowest BCUT2D eigenvalue weighted by molar-refractivity contribution is 0.895. The second-order valence-corrected chi connectivity index (χ2v) is 8.45. The summed E-state index contributed by atoms with van der Waals surface area (Å²) in [5, 5.41) is 0. The highest BCUT2D eigenvalue weighted by molar-refractivity contribution is 7.18. The lowest BCUT2D eigenvalue weighted by atomic mass is 10.6. The van der Waals surface area contributed by atoms with E-state index in [2.05, 4.69) is 25.8 Å². The summed E-state index contributed by atoms with van der Waals surface area (Å²) in [5.41, 5.74) is 0. The Bertz CT molecular complexity index is 81.1. The SMILES string of the molecule is CCC[Si](Cl)(CCC)NCC. The van der Waals surface area contributed by atoms with Gasteiger partial charge in [0, 0.05) is 0 Å². The Hall–Kier alpha value is 0.467. The molecule has 0 saturated heterocycles. The zero-order valence-corrected chi connectivity index (χ0v) is 9.67. The standard InChI is InChI=1S/C8H20ClNSi/c1-4-7-11(9,8-5-2)10-6-3/h10H,4-8H2,1-3H3. The number of nitrogens with one attached hydrogen (secondary N) is 1. The Balaban J connectivity index is 3.79. The maximum absolute atomic E-state index is 6.47. The van der Waals surface area contributed by atoms with E-state index < -0.39 is 7.55 Å². The van der Waals surface area contributed by atoms with Gasteiger partial charge in [-0.15, -0.1) is 11.1 Å². The van der Waals surface area contributed by atoms with Crippen LogP contribution in [-0.2, 0) is 0 Å². The van der Waals surface area contributed by atoms with Gasteiger partial charge in [0.1, 0.15) is 0 Å². The van der Waals surface area contributed by atoms with Crippen molar-refractivity contribution < 1.29 is 0 Å². The summed E-state index contributed by atoms with van der Waals surface area (Å²) in [6.07, 6.45) is 2.42. The van der Waals surface area contributed by atoms with Gasteiger partial charge in [0.2, 0.25) is 7.55 Å². The van der Waals surface area contributed by atoms with Crippen molar-refractivity contribution in [2.75, 3.05) is 6.54 Å². The van der Waals surface area contributed by atoms with Crippen LogP contribution < -0.4 is 4.98 Å². The van der Waals surface area contributed by atoms with E-state index in [1.54, 1.807) is 0 Å². The third-order valence-corrected chi connectivity index (χ3v) is 6.89. The van der Waals surface area contributed by atoms with E-state index in [1.165, 1.54) is 24.9 Å². The molecular formula is C8H20ClNSi. The van der Waals surface area contributed by atoms with Gasteiger partial charge in [-0.25, -0.2) is 0 Å². The molecule has 68 valence electrons. The Morgan fingerprint density at radius 2 is 1.55 bits per heavy atom. The average molecular weight is 194 g/mol. The summed E-state index contributed by atoms with van der Waals surface area (Å²) < 4.78 is 0. The van der Waals surface area contributed by atoms with Crippen LogP contribution >= 0.6 is 11.1 Å². The monoisotopic (exact) mass is 193 g/mol. The second-order valence-electron chi connectivity index (χ2n) is 3.00. The molecule has 0 atom stereocenters. The van der Waals surface area contributed by atoms with Gasteiger partial charge in [0.15, 0.2) is 0 Å². The van der Waals surface area contributed by atoms with Crippen LogP contribution in [0, 0.1) is 0 Å². The average Bonchev–Trinajstić information content (AvgIpc) is 1.88. The van der Waals surface area contributed by atoms with E-state index in [4.69, 9.17) is 11.1 Å². The highest BCUT2D eigenvalue weighted by Gasteiger charge is 2.27. The minimum Gasteiger partial charge on any atom is -0.326 e. The fourth-order valence-electron chi connectivity index (χ4n) is 1.41. The van der Waals surface area contributed by atoms with Gasteiger partial charge in [-0.3, -0.25) is 0 Å². The first-order chi connectivity index (χ1) is 5.18. The predicted octanol–water partition coefficient (Wildman–Crippen LogP) is 3.10. The number of rotatable bonds is 6. The first-order valence-corrected chi connectivity index (χ1v) is 8.05. The third-order valence-electron chi connectivity index (χ3n) is 1.79. The molecule has 11 heavy (non-hydrogen) atoms. The molecule has 3 heteroatoms. The maximum atomic E-state index is 6.47. The lowest BCUT2D eigenvalue weighted by Crippen LogP contribution is -2.44. The molecule has 0 aromatic heterocycles. The summed E-state index contributed by atoms with van der Waals surface area (Å²) in [7, 11) is -1.53. The molecule has 0 fully saturated rings. The molecule has 0 unspecified atom stereocenters. The predicted molar refractivity (Wildman–Crippen MR) is 55.5 cm³/mol. The van der Waals surface area contributed by atoms with Crippen molar-refractivity contribution >= 4 is 18.6 Å². The normalized spacial score (nSPS) is 12.0. The Morgan fingerprint density at radius 1 is 1.09 bits per heavy atom. The van der Waals surface area contributed by atoms with Crippen LogP contribution in [0.15, 0.2) is 0 Å². The molecule has 0 aliphatic rings. The van der Waals surface area contributed by atoms with Gasteiger partial charge >= 0.3 is 0 Å². The fraction of sp³-hybridized carbons (Fsp3) is 1.00. The summed E-state index contributed by atoms with van der Waals surface area (Å²) in [5.74, 6) is 0. The minimum absolute atomic E-state index is 1.02. The van der Waals surface area contributed by atoms with Crippen LogP contribution in [0.5, 0.6) is 0 Å². The van der Waals surface area contributed by atoms with Gasteiger partial charge in [-0.05, 0) is 18.6 Å². The smallest absolute Gasteiger partial charge is 0.226 e. The molecule has 0 heterocycles. The molecule has 0 radical (unpaired) electrons. The molecule has 0 rings (SSSR count). The van der Waals surface area contributed by atoms with E-state index in [1.807, 2.05) is 0 Å². The van der Waals surface area contributed by atoms with Gasteiger partial charge in [0.25, 0.3) is 0 Å². The van der Waals surface area contributed by atoms with E-state index in [0.29, 0.717) is 0 Å². The van der Waals surface area contributed by atoms with Gasteiger partial charge in [-0.1, -0.05) is 33.6 Å². The molecule has 0 aromatic rings. The van der Waals surface area contributed by atoms with Crippen molar-refractivity contribution in [3.8, 4) is 0 Å². The van der Waals surface area contributed by atoms with Gasteiger partial charge in [-0.2, -0.15) is 0 Å². The molecule has 1 nitrogen and oxygen atoms in total. The Kier molecular flexibility index (Phi) is 6.29. The maximum Gasteiger partial charge on any atom is 0.226 e. The fourth-order valence-corrected chi connectivity index (χ4v) is 5.77. The summed E-state index contributed by atoms with van der Waals surface area (Å²) in [6, 6.07) is 2.41. The van der Waals surface area contributed by atoms with Crippen molar-refractivity contribution in [3.05, 3.63) is 0 Å². The highest BCUT2D eigenvalue weighted by atomic mass is 35.6. The third kappa shape index (κ3) is 4.83. The molecule has 0 saturated carbocycles. The molecule has 0 aliphatic carbocycles. The van der Waals surface area contributed by atoms with Crippen molar-refractivity contribution in [2.24, 2.45) is 0 Å². The molecule has 0 aliphatic heterocycles. The van der Waals surface area contributed by atoms with Crippen molar-refractivity contribution in [2.45, 2.75) is 45.7 Å². The van der Waals surface area contributed by atoms with Crippen LogP contribution in [0.4, 0.5) is 0 Å². The van der Waals surface area contributed by atoms with Crippen molar-refractivity contribution in [3.63, 3.8) is 0 Å². The van der Waals surface area contributed by atoms with Crippen LogP contribution in [0.25, 0.3) is 0 Å². The van der Waals surface area contributed by atoms with E-state index >= 15 is 0 Å². The zero-order valence-electron chi connectivity index (χ0n) is 7.91. The molecular weight excluding hydrogens is 174 g/mol. The number of hydrogen-bond acceptors (Lipinski definition) is 1. The van der Waals surface area contributed by atoms with Crippen LogP contribution in [-0.4, -0.2) is 14.1 Å². The van der Waals surface area contributed by atoms with Crippen LogP contribution in [0.1, 0.15) is 33.6 Å². The van der Waals surface area contributed by atoms with Gasteiger partial charge in [0.05, 0.1) is 0 Å².